The maximum atomic E-state index is 12.6. The van der Waals surface area contributed by atoms with E-state index in [1.54, 1.807) is 0 Å². The molecule has 0 saturated carbocycles. The van der Waals surface area contributed by atoms with Crippen LogP contribution in [0.15, 0.2) is 6.20 Å². The van der Waals surface area contributed by atoms with E-state index < -0.39 is 47.6 Å². The van der Waals surface area contributed by atoms with Crippen molar-refractivity contribution >= 4 is 5.97 Å². The molecule has 5 nitrogen and oxygen atoms in total. The van der Waals surface area contributed by atoms with Gasteiger partial charge in [-0.3, -0.25) is 0 Å². The fraction of sp³-hybridized carbons (Fsp3) is 0.333. The molecule has 1 aromatic heterocycles. The Hall–Kier alpha value is -2.04. The molecule has 1 rings (SSSR count). The first-order chi connectivity index (χ1) is 8.97. The number of aromatic carboxylic acids is 1. The number of carboxylic acid groups (broad SMARTS) is 1. The summed E-state index contributed by atoms with van der Waals surface area (Å²) in [7, 11) is 0. The predicted molar refractivity (Wildman–Crippen MR) is 50.8 cm³/mol. The van der Waals surface area contributed by atoms with Crippen molar-refractivity contribution in [2.24, 2.45) is 5.73 Å². The highest BCUT2D eigenvalue weighted by atomic mass is 19.4. The largest absolute Gasteiger partial charge is 0.573 e. The normalized spacial score (nSPS) is 12.3. The summed E-state index contributed by atoms with van der Waals surface area (Å²) >= 11 is 0. The molecule has 11 heteroatoms. The van der Waals surface area contributed by atoms with Gasteiger partial charge in [-0.2, -0.15) is 13.2 Å². The van der Waals surface area contributed by atoms with E-state index in [0.29, 0.717) is 0 Å². The minimum absolute atomic E-state index is 0.0519. The van der Waals surface area contributed by atoms with Gasteiger partial charge < -0.3 is 15.6 Å². The van der Waals surface area contributed by atoms with Crippen molar-refractivity contribution in [3.05, 3.63) is 23.0 Å². The van der Waals surface area contributed by atoms with Gasteiger partial charge in [0.25, 0.3) is 0 Å². The average molecular weight is 304 g/mol. The van der Waals surface area contributed by atoms with Crippen LogP contribution in [0.5, 0.6) is 5.75 Å². The van der Waals surface area contributed by atoms with E-state index in [2.05, 4.69) is 9.72 Å². The highest BCUT2D eigenvalue weighted by molar-refractivity contribution is 5.88. The van der Waals surface area contributed by atoms with E-state index in [0.717, 1.165) is 0 Å². The fourth-order valence-electron chi connectivity index (χ4n) is 1.34. The lowest BCUT2D eigenvalue weighted by Crippen LogP contribution is -2.24. The number of pyridine rings is 1. The summed E-state index contributed by atoms with van der Waals surface area (Å²) in [4.78, 5) is 13.7. The Morgan fingerprint density at radius 1 is 1.30 bits per heavy atom. The molecule has 0 fully saturated rings. The zero-order chi connectivity index (χ0) is 15.7. The zero-order valence-electron chi connectivity index (χ0n) is 9.34. The Bertz CT molecular complexity index is 526. The molecule has 0 bridgehead atoms. The number of carboxylic acids is 1. The molecule has 3 N–H and O–H groups in total. The first-order valence-electron chi connectivity index (χ1n) is 4.75. The van der Waals surface area contributed by atoms with Crippen molar-refractivity contribution in [1.82, 2.24) is 4.98 Å². The van der Waals surface area contributed by atoms with Gasteiger partial charge in [0, 0.05) is 18.3 Å². The first-order valence-corrected chi connectivity index (χ1v) is 4.75. The van der Waals surface area contributed by atoms with E-state index in [1.807, 2.05) is 0 Å². The Kier molecular flexibility index (Phi) is 4.12. The summed E-state index contributed by atoms with van der Waals surface area (Å²) in [5.74, 6) is -3.54. The van der Waals surface area contributed by atoms with Crippen LogP contribution in [0.1, 0.15) is 21.6 Å². The third-order valence-corrected chi connectivity index (χ3v) is 2.06. The van der Waals surface area contributed by atoms with E-state index in [1.165, 1.54) is 0 Å². The number of nitrogens with two attached hydrogens (primary N) is 1. The summed E-state index contributed by atoms with van der Waals surface area (Å²) in [6.07, 6.45) is -10.7. The van der Waals surface area contributed by atoms with Crippen LogP contribution in [-0.2, 0) is 12.7 Å². The van der Waals surface area contributed by atoms with Crippen molar-refractivity contribution in [3.8, 4) is 5.75 Å². The topological polar surface area (TPSA) is 85.4 Å². The highest BCUT2D eigenvalue weighted by Crippen LogP contribution is 2.40. The lowest BCUT2D eigenvalue weighted by Gasteiger charge is -2.18. The monoisotopic (exact) mass is 304 g/mol. The van der Waals surface area contributed by atoms with Gasteiger partial charge in [-0.05, 0) is 0 Å². The van der Waals surface area contributed by atoms with Crippen molar-refractivity contribution in [3.63, 3.8) is 0 Å². The van der Waals surface area contributed by atoms with Crippen molar-refractivity contribution in [2.75, 3.05) is 0 Å². The van der Waals surface area contributed by atoms with Gasteiger partial charge in [0.1, 0.15) is 11.3 Å². The van der Waals surface area contributed by atoms with Crippen LogP contribution in [0.2, 0.25) is 0 Å². The minimum Gasteiger partial charge on any atom is -0.476 e. The molecule has 0 aliphatic heterocycles. The third kappa shape index (κ3) is 3.50. The Morgan fingerprint density at radius 2 is 1.85 bits per heavy atom. The zero-order valence-corrected chi connectivity index (χ0v) is 9.34. The molecule has 0 amide bonds. The van der Waals surface area contributed by atoms with Gasteiger partial charge in [-0.1, -0.05) is 0 Å². The molecule has 0 radical (unpaired) electrons. The molecule has 0 aliphatic rings. The molecule has 20 heavy (non-hydrogen) atoms. The van der Waals surface area contributed by atoms with Crippen molar-refractivity contribution in [1.29, 1.82) is 0 Å². The average Bonchev–Trinajstić information content (AvgIpc) is 2.24. The maximum absolute atomic E-state index is 12.6. The molecular weight excluding hydrogens is 298 g/mol. The van der Waals surface area contributed by atoms with Crippen LogP contribution in [0, 0.1) is 0 Å². The molecule has 112 valence electrons. The second-order valence-electron chi connectivity index (χ2n) is 3.38. The fourth-order valence-corrected chi connectivity index (χ4v) is 1.34. The molecule has 1 heterocycles. The van der Waals surface area contributed by atoms with Crippen LogP contribution in [0.3, 0.4) is 0 Å². The highest BCUT2D eigenvalue weighted by Gasteiger charge is 2.42. The summed E-state index contributed by atoms with van der Waals surface area (Å²) in [5, 5.41) is 8.68. The number of hydrogen-bond acceptors (Lipinski definition) is 4. The molecule has 0 unspecified atom stereocenters. The summed E-state index contributed by atoms with van der Waals surface area (Å²) in [5.41, 5.74) is 1.10. The standard InChI is InChI=1S/C9H6F6N2O3/c10-8(11,12)4-2-17-5(7(18)19)3(1-16)6(4)20-9(13,14)15/h2H,1,16H2,(H,18,19). The number of rotatable bonds is 3. The van der Waals surface area contributed by atoms with E-state index in [9.17, 15) is 31.1 Å². The van der Waals surface area contributed by atoms with Gasteiger partial charge in [0.05, 0.1) is 0 Å². The Morgan fingerprint density at radius 3 is 2.20 bits per heavy atom. The Balaban J connectivity index is 3.60. The van der Waals surface area contributed by atoms with Gasteiger partial charge in [0.15, 0.2) is 5.69 Å². The van der Waals surface area contributed by atoms with Gasteiger partial charge in [-0.15, -0.1) is 13.2 Å². The maximum Gasteiger partial charge on any atom is 0.573 e. The van der Waals surface area contributed by atoms with Gasteiger partial charge in [-0.25, -0.2) is 9.78 Å². The first kappa shape index (κ1) is 16.0. The van der Waals surface area contributed by atoms with Crippen LogP contribution in [0.25, 0.3) is 0 Å². The molecular formula is C9H6F6N2O3. The van der Waals surface area contributed by atoms with Crippen LogP contribution >= 0.6 is 0 Å². The molecule has 0 spiro atoms. The number of nitrogens with zero attached hydrogens (tertiary/aromatic N) is 1. The summed E-state index contributed by atoms with van der Waals surface area (Å²) in [6.45, 7) is -0.927. The molecule has 1 aromatic rings. The quantitative estimate of drug-likeness (QED) is 0.836. The lowest BCUT2D eigenvalue weighted by molar-refractivity contribution is -0.276. The van der Waals surface area contributed by atoms with E-state index in [4.69, 9.17) is 10.8 Å². The number of hydrogen-bond donors (Lipinski definition) is 2. The van der Waals surface area contributed by atoms with Crippen LogP contribution in [-0.4, -0.2) is 22.4 Å². The SMILES string of the molecule is NCc1c(C(=O)O)ncc(C(F)(F)F)c1OC(F)(F)F. The van der Waals surface area contributed by atoms with Crippen molar-refractivity contribution < 1.29 is 41.0 Å². The lowest BCUT2D eigenvalue weighted by atomic mass is 10.1. The minimum atomic E-state index is -5.44. The number of aromatic nitrogens is 1. The molecule has 0 atom stereocenters. The molecule has 0 aliphatic carbocycles. The smallest absolute Gasteiger partial charge is 0.476 e. The number of carbonyl (C=O) groups is 1. The van der Waals surface area contributed by atoms with Crippen LogP contribution in [0.4, 0.5) is 26.3 Å². The van der Waals surface area contributed by atoms with E-state index >= 15 is 0 Å². The van der Waals surface area contributed by atoms with E-state index in [-0.39, 0.29) is 6.20 Å². The summed E-state index contributed by atoms with van der Waals surface area (Å²) in [6, 6.07) is 0. The van der Waals surface area contributed by atoms with Gasteiger partial charge >= 0.3 is 18.5 Å². The van der Waals surface area contributed by atoms with Crippen LogP contribution < -0.4 is 10.5 Å². The summed E-state index contributed by atoms with van der Waals surface area (Å²) < 4.78 is 77.5. The molecule has 0 saturated heterocycles. The number of ether oxygens (including phenoxy) is 1. The third-order valence-electron chi connectivity index (χ3n) is 2.06. The molecule has 0 aromatic carbocycles. The second kappa shape index (κ2) is 5.15. The number of alkyl halides is 6. The van der Waals surface area contributed by atoms with Crippen molar-refractivity contribution in [2.45, 2.75) is 19.1 Å². The second-order valence-corrected chi connectivity index (χ2v) is 3.38. The van der Waals surface area contributed by atoms with Gasteiger partial charge in [0.2, 0.25) is 0 Å². The Labute approximate surface area is 107 Å². The number of halogens is 6. The predicted octanol–water partition coefficient (Wildman–Crippen LogP) is 2.16.